The van der Waals surface area contributed by atoms with E-state index in [-0.39, 0.29) is 17.6 Å². The van der Waals surface area contributed by atoms with Gasteiger partial charge < -0.3 is 0 Å². The minimum atomic E-state index is -4.56. The first-order chi connectivity index (χ1) is 15.0. The van der Waals surface area contributed by atoms with Gasteiger partial charge in [0.05, 0.1) is 22.8 Å². The zero-order valence-corrected chi connectivity index (χ0v) is 19.3. The van der Waals surface area contributed by atoms with Crippen molar-refractivity contribution in [2.24, 2.45) is 0 Å². The van der Waals surface area contributed by atoms with E-state index in [1.165, 1.54) is 77.0 Å². The summed E-state index contributed by atoms with van der Waals surface area (Å²) in [5, 5.41) is 18.1. The molecule has 0 saturated carbocycles. The van der Waals surface area contributed by atoms with Crippen LogP contribution in [0.1, 0.15) is 122 Å². The lowest BCUT2D eigenvalue weighted by atomic mass is 9.99. The SMILES string of the molecule is CCCCCCCCCCCCCCCCCCC1=C(C(F)(F)F)C(C#N)=C(C#N)C1. The maximum atomic E-state index is 13.3. The maximum absolute atomic E-state index is 13.3. The van der Waals surface area contributed by atoms with Gasteiger partial charge in [0.2, 0.25) is 0 Å². The van der Waals surface area contributed by atoms with E-state index >= 15 is 0 Å². The van der Waals surface area contributed by atoms with E-state index in [0.717, 1.165) is 19.3 Å². The van der Waals surface area contributed by atoms with Crippen LogP contribution < -0.4 is 0 Å². The predicted molar refractivity (Wildman–Crippen MR) is 120 cm³/mol. The van der Waals surface area contributed by atoms with E-state index in [0.29, 0.717) is 12.8 Å². The Bertz CT molecular complexity index is 660. The van der Waals surface area contributed by atoms with Crippen molar-refractivity contribution < 1.29 is 13.2 Å². The third kappa shape index (κ3) is 10.9. The summed E-state index contributed by atoms with van der Waals surface area (Å²) < 4.78 is 39.9. The number of halogens is 3. The van der Waals surface area contributed by atoms with Gasteiger partial charge >= 0.3 is 6.18 Å². The topological polar surface area (TPSA) is 47.6 Å². The van der Waals surface area contributed by atoms with E-state index in [9.17, 15) is 13.2 Å². The third-order valence-electron chi connectivity index (χ3n) is 6.16. The normalized spacial score (nSPS) is 14.3. The van der Waals surface area contributed by atoms with Gasteiger partial charge in [0.1, 0.15) is 6.07 Å². The van der Waals surface area contributed by atoms with Crippen molar-refractivity contribution in [1.82, 2.24) is 0 Å². The molecule has 5 heteroatoms. The molecule has 0 heterocycles. The average Bonchev–Trinajstić information content (AvgIpc) is 3.11. The van der Waals surface area contributed by atoms with Gasteiger partial charge in [-0.3, -0.25) is 0 Å². The third-order valence-corrected chi connectivity index (χ3v) is 6.16. The molecule has 1 aliphatic rings. The number of hydrogen-bond acceptors (Lipinski definition) is 2. The summed E-state index contributed by atoms with van der Waals surface area (Å²) >= 11 is 0. The summed E-state index contributed by atoms with van der Waals surface area (Å²) in [4.78, 5) is 0. The van der Waals surface area contributed by atoms with E-state index in [1.54, 1.807) is 12.1 Å². The molecule has 0 aromatic rings. The molecule has 0 amide bonds. The molecule has 0 saturated heterocycles. The maximum Gasteiger partial charge on any atom is 0.417 e. The zero-order chi connectivity index (χ0) is 23.0. The zero-order valence-electron chi connectivity index (χ0n) is 19.3. The van der Waals surface area contributed by atoms with Gasteiger partial charge in [-0.1, -0.05) is 109 Å². The lowest BCUT2D eigenvalue weighted by Crippen LogP contribution is -2.14. The second-order valence-electron chi connectivity index (χ2n) is 8.78. The number of allylic oxidation sites excluding steroid dienone is 4. The Kier molecular flexibility index (Phi) is 14.1. The van der Waals surface area contributed by atoms with Crippen LogP contribution in [0.4, 0.5) is 13.2 Å². The van der Waals surface area contributed by atoms with E-state index < -0.39 is 17.3 Å². The molecule has 2 nitrogen and oxygen atoms in total. The second kappa shape index (κ2) is 16.0. The van der Waals surface area contributed by atoms with E-state index in [4.69, 9.17) is 10.5 Å². The number of nitriles is 2. The summed E-state index contributed by atoms with van der Waals surface area (Å²) in [6, 6.07) is 3.36. The number of nitrogens with zero attached hydrogens (tertiary/aromatic N) is 2. The van der Waals surface area contributed by atoms with Crippen LogP contribution in [-0.2, 0) is 0 Å². The average molecular weight is 437 g/mol. The van der Waals surface area contributed by atoms with E-state index in [1.807, 2.05) is 0 Å². The van der Waals surface area contributed by atoms with E-state index in [2.05, 4.69) is 6.92 Å². The van der Waals surface area contributed by atoms with Gasteiger partial charge in [-0.05, 0) is 12.8 Å². The van der Waals surface area contributed by atoms with Crippen LogP contribution in [0.3, 0.4) is 0 Å². The second-order valence-corrected chi connectivity index (χ2v) is 8.78. The first kappa shape index (κ1) is 27.3. The lowest BCUT2D eigenvalue weighted by Gasteiger charge is -2.12. The van der Waals surface area contributed by atoms with Crippen LogP contribution in [0.2, 0.25) is 0 Å². The van der Waals surface area contributed by atoms with Gasteiger partial charge in [0, 0.05) is 6.42 Å². The fourth-order valence-electron chi connectivity index (χ4n) is 4.38. The molecule has 1 rings (SSSR count). The first-order valence-electron chi connectivity index (χ1n) is 12.3. The molecule has 0 aromatic carbocycles. The summed E-state index contributed by atoms with van der Waals surface area (Å²) in [6.07, 6.45) is 15.5. The van der Waals surface area contributed by atoms with Gasteiger partial charge in [0.15, 0.2) is 0 Å². The Labute approximate surface area is 187 Å². The Hall–Kier alpha value is -1.75. The first-order valence-corrected chi connectivity index (χ1v) is 12.3. The molecule has 0 spiro atoms. The Morgan fingerprint density at radius 3 is 1.45 bits per heavy atom. The van der Waals surface area contributed by atoms with Crippen LogP contribution in [-0.4, -0.2) is 6.18 Å². The fraction of sp³-hybridized carbons (Fsp3) is 0.769. The molecule has 0 radical (unpaired) electrons. The van der Waals surface area contributed by atoms with Crippen molar-refractivity contribution in [2.45, 2.75) is 129 Å². The van der Waals surface area contributed by atoms with Crippen molar-refractivity contribution in [3.63, 3.8) is 0 Å². The molecule has 0 bridgehead atoms. The highest BCUT2D eigenvalue weighted by Crippen LogP contribution is 2.43. The van der Waals surface area contributed by atoms with Crippen molar-refractivity contribution in [3.8, 4) is 12.1 Å². The molecular formula is C26H39F3N2. The number of alkyl halides is 3. The number of rotatable bonds is 17. The summed E-state index contributed by atoms with van der Waals surface area (Å²) in [5.74, 6) is 0. The molecule has 0 unspecified atom stereocenters. The lowest BCUT2D eigenvalue weighted by molar-refractivity contribution is -0.0895. The predicted octanol–water partition coefficient (Wildman–Crippen LogP) is 9.24. The molecule has 0 N–H and O–H groups in total. The quantitative estimate of drug-likeness (QED) is 0.213. The monoisotopic (exact) mass is 436 g/mol. The van der Waals surface area contributed by atoms with Crippen LogP contribution in [0.15, 0.2) is 22.3 Å². The highest BCUT2D eigenvalue weighted by Gasteiger charge is 2.42. The smallest absolute Gasteiger partial charge is 0.193 e. The molecule has 0 atom stereocenters. The fourth-order valence-corrected chi connectivity index (χ4v) is 4.38. The van der Waals surface area contributed by atoms with Crippen LogP contribution >= 0.6 is 0 Å². The highest BCUT2D eigenvalue weighted by atomic mass is 19.4. The van der Waals surface area contributed by atoms with Gasteiger partial charge in [-0.15, -0.1) is 0 Å². The number of unbranched alkanes of at least 4 members (excludes halogenated alkanes) is 15. The van der Waals surface area contributed by atoms with Crippen LogP contribution in [0.25, 0.3) is 0 Å². The summed E-state index contributed by atoms with van der Waals surface area (Å²) in [7, 11) is 0. The largest absolute Gasteiger partial charge is 0.417 e. The molecule has 174 valence electrons. The standard InChI is InChI=1S/C26H39F3N2/c1-2-3-4-5-6-7-8-9-10-11-12-13-14-15-16-17-18-22-19-23(20-30)24(21-31)25(22)26(27,28)29/h2-19H2,1H3. The minimum absolute atomic E-state index is 0.0209. The molecule has 0 aromatic heterocycles. The van der Waals surface area contributed by atoms with Crippen LogP contribution in [0, 0.1) is 22.7 Å². The molecule has 0 fully saturated rings. The van der Waals surface area contributed by atoms with Crippen molar-refractivity contribution >= 4 is 0 Å². The van der Waals surface area contributed by atoms with Gasteiger partial charge in [0.25, 0.3) is 0 Å². The number of hydrogen-bond donors (Lipinski definition) is 0. The van der Waals surface area contributed by atoms with Gasteiger partial charge in [-0.25, -0.2) is 0 Å². The van der Waals surface area contributed by atoms with Crippen molar-refractivity contribution in [1.29, 1.82) is 10.5 Å². The van der Waals surface area contributed by atoms with Crippen molar-refractivity contribution in [2.75, 3.05) is 0 Å². The minimum Gasteiger partial charge on any atom is -0.193 e. The molecule has 1 aliphatic carbocycles. The van der Waals surface area contributed by atoms with Gasteiger partial charge in [-0.2, -0.15) is 23.7 Å². The van der Waals surface area contributed by atoms with Crippen LogP contribution in [0.5, 0.6) is 0 Å². The Morgan fingerprint density at radius 1 is 0.677 bits per heavy atom. The molecule has 31 heavy (non-hydrogen) atoms. The van der Waals surface area contributed by atoms with Crippen molar-refractivity contribution in [3.05, 3.63) is 22.3 Å². The summed E-state index contributed by atoms with van der Waals surface area (Å²) in [5.41, 5.74) is -1.15. The summed E-state index contributed by atoms with van der Waals surface area (Å²) in [6.45, 7) is 2.25. The highest BCUT2D eigenvalue weighted by molar-refractivity contribution is 5.60. The Morgan fingerprint density at radius 2 is 1.10 bits per heavy atom. The molecule has 0 aliphatic heterocycles. The Balaban J connectivity index is 2.07. The molecular weight excluding hydrogens is 397 g/mol.